The molecule has 39 heavy (non-hydrogen) atoms. The van der Waals surface area contributed by atoms with E-state index in [1.165, 1.54) is 23.0 Å². The standard InChI is InChI=1S/C30H26N2O6S/c1-4-38-29(35)24-25(18-10-6-5-7-11-18)31-30-32(26(24)19-12-8-14-21(16-19)36-2)28(34)23(39-30)17-20-13-9-15-22(37-3)27(20)33/h5-17,26,33H,4H2,1-3H3/b23-17-/t26-/m1/s1. The Labute approximate surface area is 228 Å². The van der Waals surface area contributed by atoms with E-state index in [1.807, 2.05) is 42.5 Å². The molecule has 1 aliphatic heterocycles. The zero-order valence-electron chi connectivity index (χ0n) is 21.6. The molecule has 4 aromatic rings. The Hall–Kier alpha value is -4.63. The van der Waals surface area contributed by atoms with Crippen LogP contribution in [0.5, 0.6) is 17.2 Å². The van der Waals surface area contributed by atoms with Crippen LogP contribution in [0.4, 0.5) is 0 Å². The minimum absolute atomic E-state index is 0.0765. The van der Waals surface area contributed by atoms with E-state index in [0.29, 0.717) is 37.7 Å². The number of benzene rings is 3. The Bertz CT molecular complexity index is 1750. The highest BCUT2D eigenvalue weighted by atomic mass is 32.1. The molecular weight excluding hydrogens is 516 g/mol. The average molecular weight is 543 g/mol. The fourth-order valence-corrected chi connectivity index (χ4v) is 5.52. The molecule has 9 heteroatoms. The van der Waals surface area contributed by atoms with Crippen molar-refractivity contribution in [1.82, 2.24) is 4.57 Å². The number of esters is 1. The van der Waals surface area contributed by atoms with E-state index in [2.05, 4.69) is 0 Å². The van der Waals surface area contributed by atoms with Crippen LogP contribution in [0, 0.1) is 0 Å². The summed E-state index contributed by atoms with van der Waals surface area (Å²) in [5, 5.41) is 10.6. The molecule has 0 unspecified atom stereocenters. The lowest BCUT2D eigenvalue weighted by Gasteiger charge is -2.26. The third-order valence-electron chi connectivity index (χ3n) is 6.32. The van der Waals surface area contributed by atoms with Crippen LogP contribution >= 0.6 is 11.3 Å². The average Bonchev–Trinajstić information content (AvgIpc) is 3.28. The largest absolute Gasteiger partial charge is 0.504 e. The third-order valence-corrected chi connectivity index (χ3v) is 7.30. The van der Waals surface area contributed by atoms with Crippen molar-refractivity contribution in [3.8, 4) is 17.2 Å². The van der Waals surface area contributed by atoms with Crippen molar-refractivity contribution in [3.63, 3.8) is 0 Å². The summed E-state index contributed by atoms with van der Waals surface area (Å²) in [6.45, 7) is 1.89. The molecular formula is C30H26N2O6S. The predicted molar refractivity (Wildman–Crippen MR) is 149 cm³/mol. The lowest BCUT2D eigenvalue weighted by atomic mass is 9.93. The first-order valence-corrected chi connectivity index (χ1v) is 13.1. The zero-order chi connectivity index (χ0) is 27.5. The second-order valence-corrected chi connectivity index (χ2v) is 9.62. The Kier molecular flexibility index (Phi) is 7.33. The summed E-state index contributed by atoms with van der Waals surface area (Å²) in [5.41, 5.74) is 2.13. The van der Waals surface area contributed by atoms with E-state index >= 15 is 0 Å². The van der Waals surface area contributed by atoms with E-state index in [0.717, 1.165) is 5.56 Å². The van der Waals surface area contributed by atoms with Gasteiger partial charge in [0.15, 0.2) is 16.3 Å². The maximum Gasteiger partial charge on any atom is 0.338 e. The van der Waals surface area contributed by atoms with Crippen molar-refractivity contribution >= 4 is 29.1 Å². The number of phenols is 1. The summed E-state index contributed by atoms with van der Waals surface area (Å²) >= 11 is 1.17. The van der Waals surface area contributed by atoms with E-state index in [9.17, 15) is 14.7 Å². The molecule has 3 aromatic carbocycles. The normalized spacial score (nSPS) is 14.9. The van der Waals surface area contributed by atoms with E-state index in [-0.39, 0.29) is 23.5 Å². The van der Waals surface area contributed by atoms with Gasteiger partial charge in [-0.3, -0.25) is 9.36 Å². The number of aromatic hydroxyl groups is 1. The number of phenolic OH excluding ortho intramolecular Hbond substituents is 1. The van der Waals surface area contributed by atoms with Crippen molar-refractivity contribution in [2.75, 3.05) is 20.8 Å². The maximum atomic E-state index is 14.0. The van der Waals surface area contributed by atoms with Gasteiger partial charge in [0.25, 0.3) is 5.56 Å². The molecule has 5 rings (SSSR count). The van der Waals surface area contributed by atoms with Crippen LogP contribution in [0.2, 0.25) is 0 Å². The first-order chi connectivity index (χ1) is 19.0. The minimum atomic E-state index is -0.827. The Morgan fingerprint density at radius 1 is 1.05 bits per heavy atom. The summed E-state index contributed by atoms with van der Waals surface area (Å²) in [5.74, 6) is 0.235. The number of carbonyl (C=O) groups is 1. The molecule has 2 heterocycles. The number of hydrogen-bond donors (Lipinski definition) is 1. The van der Waals surface area contributed by atoms with Crippen LogP contribution in [-0.2, 0) is 9.53 Å². The molecule has 0 radical (unpaired) electrons. The van der Waals surface area contributed by atoms with Gasteiger partial charge in [0, 0.05) is 11.1 Å². The van der Waals surface area contributed by atoms with Crippen LogP contribution in [0.15, 0.2) is 88.2 Å². The maximum absolute atomic E-state index is 14.0. The van der Waals surface area contributed by atoms with Gasteiger partial charge in [-0.25, -0.2) is 9.79 Å². The molecule has 1 aromatic heterocycles. The number of ether oxygens (including phenoxy) is 3. The van der Waals surface area contributed by atoms with Gasteiger partial charge in [-0.2, -0.15) is 0 Å². The molecule has 0 fully saturated rings. The van der Waals surface area contributed by atoms with Crippen molar-refractivity contribution in [2.45, 2.75) is 13.0 Å². The van der Waals surface area contributed by atoms with E-state index < -0.39 is 12.0 Å². The lowest BCUT2D eigenvalue weighted by Crippen LogP contribution is -2.40. The number of hydrogen-bond acceptors (Lipinski definition) is 8. The predicted octanol–water partition coefficient (Wildman–Crippen LogP) is 3.66. The van der Waals surface area contributed by atoms with Gasteiger partial charge in [0.2, 0.25) is 0 Å². The highest BCUT2D eigenvalue weighted by Gasteiger charge is 2.35. The molecule has 1 atom stereocenters. The number of nitrogens with zero attached hydrogens (tertiary/aromatic N) is 2. The highest BCUT2D eigenvalue weighted by molar-refractivity contribution is 7.07. The fourth-order valence-electron chi connectivity index (χ4n) is 4.53. The van der Waals surface area contributed by atoms with Gasteiger partial charge in [0.1, 0.15) is 5.75 Å². The third kappa shape index (κ3) is 4.84. The molecule has 8 nitrogen and oxygen atoms in total. The Morgan fingerprint density at radius 2 is 1.82 bits per heavy atom. The number of fused-ring (bicyclic) bond motifs is 1. The smallest absolute Gasteiger partial charge is 0.338 e. The number of aromatic nitrogens is 1. The fraction of sp³-hybridized carbons (Fsp3) is 0.167. The SMILES string of the molecule is CCOC(=O)C1=C(c2ccccc2)N=c2s/c(=C\c3cccc(OC)c3O)c(=O)n2[C@@H]1c1cccc(OC)c1. The first-order valence-electron chi connectivity index (χ1n) is 12.2. The molecule has 0 saturated carbocycles. The van der Waals surface area contributed by atoms with Crippen molar-refractivity contribution in [3.05, 3.63) is 115 Å². The summed E-state index contributed by atoms with van der Waals surface area (Å²) < 4.78 is 18.0. The van der Waals surface area contributed by atoms with Crippen LogP contribution < -0.4 is 24.4 Å². The molecule has 0 bridgehead atoms. The molecule has 0 saturated heterocycles. The quantitative estimate of drug-likeness (QED) is 0.358. The topological polar surface area (TPSA) is 99.4 Å². The summed E-state index contributed by atoms with van der Waals surface area (Å²) in [6, 6.07) is 20.8. The zero-order valence-corrected chi connectivity index (χ0v) is 22.4. The van der Waals surface area contributed by atoms with Gasteiger partial charge in [0.05, 0.1) is 42.7 Å². The summed E-state index contributed by atoms with van der Waals surface area (Å²) in [4.78, 5) is 32.7. The van der Waals surface area contributed by atoms with Crippen molar-refractivity contribution < 1.29 is 24.1 Å². The number of para-hydroxylation sites is 1. The molecule has 0 spiro atoms. The van der Waals surface area contributed by atoms with E-state index in [4.69, 9.17) is 19.2 Å². The number of thiazole rings is 1. The van der Waals surface area contributed by atoms with Crippen LogP contribution in [0.25, 0.3) is 11.8 Å². The van der Waals surface area contributed by atoms with Gasteiger partial charge in [-0.1, -0.05) is 65.9 Å². The molecule has 0 aliphatic carbocycles. The van der Waals surface area contributed by atoms with Gasteiger partial charge >= 0.3 is 5.97 Å². The second kappa shape index (κ2) is 11.0. The van der Waals surface area contributed by atoms with Gasteiger partial charge < -0.3 is 19.3 Å². The number of methoxy groups -OCH3 is 2. The molecule has 198 valence electrons. The summed E-state index contributed by atoms with van der Waals surface area (Å²) in [6.07, 6.45) is 1.60. The second-order valence-electron chi connectivity index (χ2n) is 8.61. The molecule has 1 aliphatic rings. The minimum Gasteiger partial charge on any atom is -0.504 e. The van der Waals surface area contributed by atoms with Crippen molar-refractivity contribution in [2.24, 2.45) is 4.99 Å². The monoisotopic (exact) mass is 542 g/mol. The Morgan fingerprint density at radius 3 is 2.54 bits per heavy atom. The number of rotatable bonds is 7. The van der Waals surface area contributed by atoms with Crippen LogP contribution in [0.1, 0.15) is 29.7 Å². The molecule has 0 amide bonds. The summed E-state index contributed by atoms with van der Waals surface area (Å²) in [7, 11) is 3.02. The van der Waals surface area contributed by atoms with Crippen molar-refractivity contribution in [1.29, 1.82) is 0 Å². The first kappa shape index (κ1) is 26.0. The lowest BCUT2D eigenvalue weighted by molar-refractivity contribution is -0.138. The van der Waals surface area contributed by atoms with E-state index in [1.54, 1.807) is 50.4 Å². The highest BCUT2D eigenvalue weighted by Crippen LogP contribution is 2.36. The Balaban J connectivity index is 1.84. The van der Waals surface area contributed by atoms with Gasteiger partial charge in [-0.15, -0.1) is 0 Å². The van der Waals surface area contributed by atoms with Crippen LogP contribution in [0.3, 0.4) is 0 Å². The molecule has 1 N–H and O–H groups in total. The number of carbonyl (C=O) groups excluding carboxylic acids is 1. The van der Waals surface area contributed by atoms with Crippen LogP contribution in [-0.4, -0.2) is 36.5 Å². The van der Waals surface area contributed by atoms with Gasteiger partial charge in [-0.05, 0) is 36.8 Å².